The molecule has 1 aromatic heterocycles. The number of aromatic nitrogens is 1. The summed E-state index contributed by atoms with van der Waals surface area (Å²) in [7, 11) is 1.49. The molecule has 9 nitrogen and oxygen atoms in total. The number of nitrogen functional groups attached to an aromatic ring is 1. The van der Waals surface area contributed by atoms with Crippen molar-refractivity contribution in [3.63, 3.8) is 0 Å². The number of anilines is 1. The van der Waals surface area contributed by atoms with Gasteiger partial charge in [0, 0.05) is 45.1 Å². The number of rotatable bonds is 15. The summed E-state index contributed by atoms with van der Waals surface area (Å²) in [6.07, 6.45) is 4.66. The second kappa shape index (κ2) is 15.0. The fourth-order valence-corrected chi connectivity index (χ4v) is 4.37. The van der Waals surface area contributed by atoms with Crippen LogP contribution in [0.15, 0.2) is 30.5 Å². The van der Waals surface area contributed by atoms with Crippen molar-refractivity contribution < 1.29 is 34.0 Å². The Morgan fingerprint density at radius 3 is 2.27 bits per heavy atom. The van der Waals surface area contributed by atoms with Crippen LogP contribution in [0.25, 0.3) is 0 Å². The monoisotopic (exact) mass is 516 g/mol. The lowest BCUT2D eigenvalue weighted by molar-refractivity contribution is -0.153. The van der Waals surface area contributed by atoms with Crippen molar-refractivity contribution in [2.24, 2.45) is 5.92 Å². The topological polar surface area (TPSA) is 141 Å². The van der Waals surface area contributed by atoms with E-state index in [1.807, 2.05) is 19.1 Å². The number of aryl methyl sites for hydroxylation is 1. The molecule has 0 aliphatic heterocycles. The number of aliphatic hydroxyl groups excluding tert-OH is 1. The third-order valence-corrected chi connectivity index (χ3v) is 6.35. The number of benzene rings is 1. The molecule has 0 aliphatic rings. The highest BCUT2D eigenvalue weighted by molar-refractivity contribution is 5.66. The minimum Gasteiger partial charge on any atom is -0.504 e. The van der Waals surface area contributed by atoms with Crippen LogP contribution >= 0.6 is 0 Å². The highest BCUT2D eigenvalue weighted by Crippen LogP contribution is 2.34. The number of phenolic OH excluding ortho intramolecular Hbond substituents is 1. The van der Waals surface area contributed by atoms with Gasteiger partial charge in [-0.25, -0.2) is 4.98 Å². The molecule has 0 amide bonds. The number of carbonyl (C=O) groups excluding carboxylic acids is 2. The average Bonchev–Trinajstić information content (AvgIpc) is 2.84. The quantitative estimate of drug-likeness (QED) is 0.300. The Kier molecular flexibility index (Phi) is 12.2. The number of aliphatic hydroxyl groups is 1. The van der Waals surface area contributed by atoms with Crippen molar-refractivity contribution in [1.29, 1.82) is 0 Å². The van der Waals surface area contributed by atoms with Crippen LogP contribution in [-0.2, 0) is 31.9 Å². The maximum absolute atomic E-state index is 11.8. The number of methoxy groups -OCH3 is 1. The van der Waals surface area contributed by atoms with Crippen LogP contribution in [-0.4, -0.2) is 53.1 Å². The molecule has 0 saturated carbocycles. The van der Waals surface area contributed by atoms with Crippen LogP contribution < -0.4 is 10.5 Å². The Morgan fingerprint density at radius 2 is 1.70 bits per heavy atom. The van der Waals surface area contributed by atoms with Crippen molar-refractivity contribution in [3.05, 3.63) is 47.2 Å². The van der Waals surface area contributed by atoms with E-state index in [9.17, 15) is 19.8 Å². The number of hydrogen-bond acceptors (Lipinski definition) is 9. The zero-order valence-electron chi connectivity index (χ0n) is 22.2. The Hall–Kier alpha value is -3.33. The fraction of sp³-hybridized carbons (Fsp3) is 0.536. The number of hydrogen-bond donors (Lipinski definition) is 3. The number of esters is 2. The van der Waals surface area contributed by atoms with E-state index in [1.54, 1.807) is 18.3 Å². The lowest BCUT2D eigenvalue weighted by Gasteiger charge is -2.25. The first kappa shape index (κ1) is 29.9. The SMILES string of the molecule is CC[C@H](CO)CC[C@@H](C[C@@H](CCc1cc(Cc2ccnc(N)c2)c(O)c(OC)c1)OC(C)=O)OC(C)=O. The molecule has 204 valence electrons. The van der Waals surface area contributed by atoms with Gasteiger partial charge < -0.3 is 30.2 Å². The molecule has 0 bridgehead atoms. The van der Waals surface area contributed by atoms with E-state index in [-0.39, 0.29) is 18.3 Å². The van der Waals surface area contributed by atoms with Crippen LogP contribution in [0.2, 0.25) is 0 Å². The van der Waals surface area contributed by atoms with Crippen molar-refractivity contribution in [1.82, 2.24) is 4.98 Å². The second-order valence-electron chi connectivity index (χ2n) is 9.34. The maximum atomic E-state index is 11.8. The molecule has 0 unspecified atom stereocenters. The zero-order chi connectivity index (χ0) is 27.4. The summed E-state index contributed by atoms with van der Waals surface area (Å²) in [5, 5.41) is 20.2. The van der Waals surface area contributed by atoms with Crippen LogP contribution in [0, 0.1) is 5.92 Å². The molecular weight excluding hydrogens is 476 g/mol. The van der Waals surface area contributed by atoms with Gasteiger partial charge in [-0.05, 0) is 60.9 Å². The summed E-state index contributed by atoms with van der Waals surface area (Å²) in [5.74, 6) is 0.133. The number of aromatic hydroxyl groups is 1. The first-order valence-electron chi connectivity index (χ1n) is 12.7. The minimum absolute atomic E-state index is 0.0578. The standard InChI is InChI=1S/C28H40N2O7/c1-5-20(17-31)6-8-24(36-18(2)32)16-25(37-19(3)33)9-7-21-12-23(28(34)26(14-21)35-4)13-22-10-11-30-27(29)15-22/h10-12,14-15,20,24-25,31,34H,5-9,13,16-17H2,1-4H3,(H2,29,30)/t20-,24-,25+/m0/s1. The van der Waals surface area contributed by atoms with E-state index < -0.39 is 24.1 Å². The van der Waals surface area contributed by atoms with Crippen molar-refractivity contribution >= 4 is 17.8 Å². The lowest BCUT2D eigenvalue weighted by Crippen LogP contribution is -2.27. The molecule has 9 heteroatoms. The summed E-state index contributed by atoms with van der Waals surface area (Å²) in [5.41, 5.74) is 8.28. The molecule has 0 radical (unpaired) electrons. The van der Waals surface area contributed by atoms with E-state index in [0.29, 0.717) is 55.7 Å². The van der Waals surface area contributed by atoms with Crippen molar-refractivity contribution in [2.45, 2.75) is 77.9 Å². The molecule has 0 aliphatic carbocycles. The Morgan fingerprint density at radius 1 is 1.03 bits per heavy atom. The van der Waals surface area contributed by atoms with E-state index in [1.165, 1.54) is 21.0 Å². The van der Waals surface area contributed by atoms with E-state index in [0.717, 1.165) is 17.5 Å². The summed E-state index contributed by atoms with van der Waals surface area (Å²) in [4.78, 5) is 27.5. The van der Waals surface area contributed by atoms with Gasteiger partial charge in [-0.2, -0.15) is 0 Å². The zero-order valence-corrected chi connectivity index (χ0v) is 22.2. The van der Waals surface area contributed by atoms with Gasteiger partial charge in [0.15, 0.2) is 11.5 Å². The Bertz CT molecular complexity index is 1020. The molecule has 4 N–H and O–H groups in total. The first-order valence-corrected chi connectivity index (χ1v) is 12.7. The normalized spacial score (nSPS) is 13.4. The van der Waals surface area contributed by atoms with Crippen LogP contribution in [0.1, 0.15) is 69.6 Å². The molecule has 37 heavy (non-hydrogen) atoms. The highest BCUT2D eigenvalue weighted by atomic mass is 16.6. The van der Waals surface area contributed by atoms with Gasteiger partial charge in [0.1, 0.15) is 18.0 Å². The predicted octanol–water partition coefficient (Wildman–Crippen LogP) is 3.95. The van der Waals surface area contributed by atoms with E-state index in [4.69, 9.17) is 19.9 Å². The molecule has 2 aromatic rings. The maximum Gasteiger partial charge on any atom is 0.302 e. The van der Waals surface area contributed by atoms with Gasteiger partial charge in [-0.15, -0.1) is 0 Å². The number of carbonyl (C=O) groups is 2. The number of ether oxygens (including phenoxy) is 3. The molecule has 0 fully saturated rings. The van der Waals surface area contributed by atoms with Gasteiger partial charge in [-0.1, -0.05) is 19.4 Å². The first-order chi connectivity index (χ1) is 17.6. The number of phenols is 1. The summed E-state index contributed by atoms with van der Waals surface area (Å²) < 4.78 is 16.5. The molecule has 0 spiro atoms. The Balaban J connectivity index is 2.18. The number of nitrogens with zero attached hydrogens (tertiary/aromatic N) is 1. The summed E-state index contributed by atoms with van der Waals surface area (Å²) in [6.45, 7) is 4.80. The third kappa shape index (κ3) is 10.3. The van der Waals surface area contributed by atoms with E-state index >= 15 is 0 Å². The second-order valence-corrected chi connectivity index (χ2v) is 9.34. The predicted molar refractivity (Wildman–Crippen MR) is 140 cm³/mol. The molecule has 1 aromatic carbocycles. The van der Waals surface area contributed by atoms with E-state index in [2.05, 4.69) is 4.98 Å². The van der Waals surface area contributed by atoms with Crippen LogP contribution in [0.5, 0.6) is 11.5 Å². The molecule has 2 rings (SSSR count). The molecular formula is C28H40N2O7. The largest absolute Gasteiger partial charge is 0.504 e. The van der Waals surface area contributed by atoms with Crippen LogP contribution in [0.4, 0.5) is 5.82 Å². The van der Waals surface area contributed by atoms with Gasteiger partial charge >= 0.3 is 11.9 Å². The summed E-state index contributed by atoms with van der Waals surface area (Å²) >= 11 is 0. The van der Waals surface area contributed by atoms with Gasteiger partial charge in [0.05, 0.1) is 7.11 Å². The highest BCUT2D eigenvalue weighted by Gasteiger charge is 2.23. The number of pyridine rings is 1. The Labute approximate surface area is 219 Å². The summed E-state index contributed by atoms with van der Waals surface area (Å²) in [6, 6.07) is 7.25. The molecule has 0 saturated heterocycles. The minimum atomic E-state index is -0.473. The molecule has 3 atom stereocenters. The lowest BCUT2D eigenvalue weighted by atomic mass is 9.94. The van der Waals surface area contributed by atoms with Gasteiger partial charge in [0.25, 0.3) is 0 Å². The van der Waals surface area contributed by atoms with Gasteiger partial charge in [-0.3, -0.25) is 9.59 Å². The number of nitrogens with two attached hydrogens (primary N) is 1. The van der Waals surface area contributed by atoms with Gasteiger partial charge in [0.2, 0.25) is 0 Å². The third-order valence-electron chi connectivity index (χ3n) is 6.35. The van der Waals surface area contributed by atoms with Crippen molar-refractivity contribution in [2.75, 3.05) is 19.5 Å². The van der Waals surface area contributed by atoms with Crippen LogP contribution in [0.3, 0.4) is 0 Å². The molecule has 1 heterocycles. The smallest absolute Gasteiger partial charge is 0.302 e. The fourth-order valence-electron chi connectivity index (χ4n) is 4.37. The van der Waals surface area contributed by atoms with Crippen molar-refractivity contribution in [3.8, 4) is 11.5 Å². The average molecular weight is 517 g/mol.